The van der Waals surface area contributed by atoms with E-state index >= 15 is 4.39 Å². The fraction of sp³-hybridized carbons (Fsp3) is 0.424. The molecule has 0 aliphatic carbocycles. The Balaban J connectivity index is 0.000000320. The van der Waals surface area contributed by atoms with Crippen molar-refractivity contribution in [2.75, 3.05) is 103 Å². The van der Waals surface area contributed by atoms with Gasteiger partial charge in [-0.15, -0.1) is 87.0 Å². The van der Waals surface area contributed by atoms with Crippen LogP contribution in [-0.4, -0.2) is 244 Å². The SMILES string of the molecule is CC(=O)NC[C@H]1CN(c2ccc(-c3ccc(CCl)cc3)c(F)c2)C(=O)O1.CC(=O)NC[C@H]1CN(c2ccc(-c3ccc(CN(CCCSc4cn[nH]n4)C(=O)OC(C)(C)C)cc3)c(F)c2)C(=O)O1.CC(=O)NC[C@H]1CN(c2ccc(-c3ccc(CNCCCSc4cn[nH]n4)cc3)c(F)c2)C(=O)O1.CC(C)(C)OC(=O)NCCCBr.CC(C)(C)OC(=O)NCCCSc1cn[nH]n1.Cl.Cl.[Na+].[S-]c1cn[nH]n1. The van der Waals surface area contributed by atoms with Gasteiger partial charge < -0.3 is 77.9 Å². The molecule has 10 N–H and O–H groups in total. The number of amides is 9. The molecule has 760 valence electrons. The van der Waals surface area contributed by atoms with Gasteiger partial charge in [0.2, 0.25) is 17.7 Å². The van der Waals surface area contributed by atoms with Gasteiger partial charge in [0, 0.05) is 105 Å². The summed E-state index contributed by atoms with van der Waals surface area (Å²) < 4.78 is 76.2. The Bertz CT molecular complexity index is 5490. The summed E-state index contributed by atoms with van der Waals surface area (Å²) in [6.45, 7) is 25.7. The van der Waals surface area contributed by atoms with E-state index in [-0.39, 0.29) is 124 Å². The maximum absolute atomic E-state index is 15.2. The van der Waals surface area contributed by atoms with Crippen molar-refractivity contribution in [2.24, 2.45) is 0 Å². The first-order chi connectivity index (χ1) is 65.8. The van der Waals surface area contributed by atoms with Gasteiger partial charge in [-0.25, -0.2) is 41.9 Å². The van der Waals surface area contributed by atoms with Crippen molar-refractivity contribution in [3.8, 4) is 33.4 Å². The fourth-order valence-corrected chi connectivity index (χ4v) is 15.2. The maximum atomic E-state index is 15.2. The largest absolute Gasteiger partial charge is 1.00 e. The van der Waals surface area contributed by atoms with Gasteiger partial charge in [0.05, 0.1) is 74.9 Å². The van der Waals surface area contributed by atoms with Crippen molar-refractivity contribution >= 4 is 172 Å². The van der Waals surface area contributed by atoms with Crippen LogP contribution in [0.1, 0.15) is 125 Å². The molecule has 0 saturated carbocycles. The molecule has 4 aromatic heterocycles. The number of benzene rings is 6. The van der Waals surface area contributed by atoms with Gasteiger partial charge in [-0.1, -0.05) is 88.7 Å². The molecule has 3 aliphatic heterocycles. The van der Waals surface area contributed by atoms with Gasteiger partial charge in [-0.05, 0) is 188 Å². The van der Waals surface area contributed by atoms with Crippen molar-refractivity contribution in [1.82, 2.24) is 98.4 Å². The average molecular weight is 2170 g/mol. The van der Waals surface area contributed by atoms with Crippen molar-refractivity contribution in [2.45, 2.75) is 183 Å². The molecule has 3 fully saturated rings. The molecule has 0 radical (unpaired) electrons. The zero-order valence-electron chi connectivity index (χ0n) is 80.3. The number of aromatic amines is 4. The van der Waals surface area contributed by atoms with Crippen LogP contribution in [0.4, 0.5) is 59.0 Å². The number of H-pyrrole nitrogens is 4. The van der Waals surface area contributed by atoms with E-state index in [1.165, 1.54) is 59.9 Å². The van der Waals surface area contributed by atoms with Crippen LogP contribution in [0.3, 0.4) is 0 Å². The van der Waals surface area contributed by atoms with Crippen LogP contribution in [-0.2, 0) is 74.4 Å². The summed E-state index contributed by atoms with van der Waals surface area (Å²) in [6, 6.07) is 36.3. The summed E-state index contributed by atoms with van der Waals surface area (Å²) >= 11 is 18.4. The van der Waals surface area contributed by atoms with Gasteiger partial charge in [0.15, 0.2) is 0 Å². The second-order valence-electron chi connectivity index (χ2n) is 33.7. The van der Waals surface area contributed by atoms with E-state index in [0.29, 0.717) is 76.4 Å². The van der Waals surface area contributed by atoms with E-state index in [0.717, 1.165) is 104 Å². The van der Waals surface area contributed by atoms with E-state index in [1.54, 1.807) is 107 Å². The molecule has 7 heterocycles. The minimum atomic E-state index is -0.628. The number of halogens is 7. The van der Waals surface area contributed by atoms with E-state index in [1.807, 2.05) is 123 Å². The average Bonchev–Trinajstić information content (AvgIpc) is 1.73. The van der Waals surface area contributed by atoms with Crippen LogP contribution in [0.2, 0.25) is 0 Å². The molecule has 0 spiro atoms. The first-order valence-electron chi connectivity index (χ1n) is 43.8. The quantitative estimate of drug-likeness (QED) is 0.00440. The maximum Gasteiger partial charge on any atom is 1.00 e. The topological polar surface area (TPSA) is 460 Å². The number of nitrogens with zero attached hydrogens (tertiary/aromatic N) is 12. The van der Waals surface area contributed by atoms with Crippen LogP contribution < -0.4 is 76.2 Å². The molecular formula is C92H118BrCl3F3N22NaO15S4. The number of carbonyl (C=O) groups is 9. The molecule has 10 aromatic rings. The van der Waals surface area contributed by atoms with Crippen molar-refractivity contribution < 1.29 is 114 Å². The predicted molar refractivity (Wildman–Crippen MR) is 541 cm³/mol. The van der Waals surface area contributed by atoms with Gasteiger partial charge >= 0.3 is 66.1 Å². The molecule has 37 nitrogen and oxygen atoms in total. The number of carbonyl (C=O) groups excluding carboxylic acids is 9. The van der Waals surface area contributed by atoms with Crippen LogP contribution in [0.5, 0.6) is 0 Å². The monoisotopic (exact) mass is 2160 g/mol. The molecule has 3 saturated heterocycles. The second-order valence-corrected chi connectivity index (χ2v) is 38.5. The van der Waals surface area contributed by atoms with E-state index < -0.39 is 76.9 Å². The van der Waals surface area contributed by atoms with Crippen LogP contribution in [0.25, 0.3) is 33.4 Å². The Morgan fingerprint density at radius 3 is 1.13 bits per heavy atom. The molecule has 9 amide bonds. The third-order valence-corrected chi connectivity index (χ3v) is 22.8. The first-order valence-corrected chi connectivity index (χ1v) is 48.9. The number of ether oxygens (including phenoxy) is 6. The smallest absolute Gasteiger partial charge is 0.757 e. The first kappa shape index (κ1) is 121. The van der Waals surface area contributed by atoms with Crippen molar-refractivity contribution in [3.05, 3.63) is 186 Å². The summed E-state index contributed by atoms with van der Waals surface area (Å²) in [4.78, 5) is 111. The van der Waals surface area contributed by atoms with Crippen LogP contribution in [0.15, 0.2) is 172 Å². The Morgan fingerprint density at radius 1 is 0.475 bits per heavy atom. The Hall–Kier alpha value is -10.7. The van der Waals surface area contributed by atoms with Gasteiger partial charge in [-0.2, -0.15) is 46.3 Å². The van der Waals surface area contributed by atoms with Crippen LogP contribution >= 0.6 is 87.6 Å². The van der Waals surface area contributed by atoms with E-state index in [9.17, 15) is 51.9 Å². The second kappa shape index (κ2) is 62.0. The number of cyclic esters (lactones) is 3. The van der Waals surface area contributed by atoms with Crippen molar-refractivity contribution in [3.63, 3.8) is 0 Å². The normalized spacial score (nSPS) is 14.0. The van der Waals surface area contributed by atoms with Gasteiger partial charge in [0.1, 0.15) is 67.6 Å². The molecule has 13 rings (SSSR count). The molecule has 6 aromatic carbocycles. The zero-order chi connectivity index (χ0) is 100. The number of thioether (sulfide) groups is 3. The third kappa shape index (κ3) is 45.2. The summed E-state index contributed by atoms with van der Waals surface area (Å²) in [5.74, 6) is 1.03. The molecule has 3 aliphatic rings. The molecule has 3 atom stereocenters. The Kier molecular flexibility index (Phi) is 53.1. The van der Waals surface area contributed by atoms with Gasteiger partial charge in [-0.3, -0.25) is 29.1 Å². The third-order valence-electron chi connectivity index (χ3n) is 18.8. The molecule has 0 unspecified atom stereocenters. The number of aromatic nitrogens is 12. The minimum absolute atomic E-state index is 0. The Morgan fingerprint density at radius 2 is 0.816 bits per heavy atom. The number of alkyl halides is 2. The van der Waals surface area contributed by atoms with E-state index in [4.69, 9.17) is 40.0 Å². The molecule has 49 heteroatoms. The molecule has 0 bridgehead atoms. The summed E-state index contributed by atoms with van der Waals surface area (Å²) in [7, 11) is 0. The predicted octanol–water partition coefficient (Wildman–Crippen LogP) is 13.7. The summed E-state index contributed by atoms with van der Waals surface area (Å²) in [6.07, 6.45) is 5.76. The van der Waals surface area contributed by atoms with Gasteiger partial charge in [0.25, 0.3) is 0 Å². The fourth-order valence-electron chi connectivity index (χ4n) is 12.5. The van der Waals surface area contributed by atoms with Crippen LogP contribution in [0, 0.1) is 17.5 Å². The standard InChI is InChI=1S/C29H35FN6O5S.C24H27FN6O3S.C19H18ClFN2O3.C10H18N4O2S.C8H16BrNO2.C2H3N3S.2ClH.Na/c1-19(37)31-15-23-18-36(28(39)40-23)22-10-11-24(25(30)14-22)21-8-6-20(7-9-21)17-35(27(38)41-29(2,3)4)12-5-13-42-26-16-32-34-33-26;1-16(32)27-13-20-15-31(24(33)34-20)19-7-8-21(22(25)11-19)18-5-3-17(4-6-18)12-26-9-2-10-35-23-14-28-30-29-23;1-12(24)22-10-16-11-23(19(25)26-16)15-6-7-17(18(21)8-15)14-4-2-13(9-20)3-5-14;1-10(2,3)16-9(15)11-5-4-6-17-8-7-12-14-13-8;1-8(2,3)12-7(11)10-6-4-5-9;6-2-1-3-5-4-2;;;/h6-11,14,16,23H,5,12-13,15,17-18H2,1-4H3,(H,31,37)(H,32,33,34);3-8,11,14,20,26H,2,9-10,12-13,15H2,1H3,(H,27,32)(H,28,29,30);2-8,16H,9-11H2,1H3,(H,22,24);7H,4-6H2,1-3H3,(H,11,15)(H,12,13,14);4-6H2,1-3H3,(H,10,11);1H,(H2,3,4,5,6);2*1H;/q;;;;;;;;+1/p-1/t23-;20-;16-;;;;;;/m000....../s1. The van der Waals surface area contributed by atoms with Crippen molar-refractivity contribution in [1.29, 1.82) is 0 Å². The number of hydrogen-bond donors (Lipinski definition) is 10. The Labute approximate surface area is 882 Å². The summed E-state index contributed by atoms with van der Waals surface area (Å²) in [5.41, 5.74) is 6.09. The number of rotatable bonds is 35. The minimum Gasteiger partial charge on any atom is -0.757 e. The number of hydrogen-bond acceptors (Lipinski definition) is 28. The van der Waals surface area contributed by atoms with E-state index in [2.05, 4.69) is 122 Å². The molecular weight excluding hydrogens is 2050 g/mol. The number of nitrogens with one attached hydrogen (secondary N) is 10. The zero-order valence-corrected chi connectivity index (χ0v) is 89.6. The molecule has 141 heavy (non-hydrogen) atoms. The number of anilines is 3. The number of alkyl carbamates (subject to hydrolysis) is 2. The summed E-state index contributed by atoms with van der Waals surface area (Å²) in [5, 5.41) is 60.8.